The second kappa shape index (κ2) is 8.05. The number of likely N-dealkylation sites (tertiary alicyclic amines) is 2. The van der Waals surface area contributed by atoms with E-state index in [0.29, 0.717) is 5.41 Å². The smallest absolute Gasteiger partial charge is 0.194 e. The Bertz CT molecular complexity index is 488. The van der Waals surface area contributed by atoms with Crippen molar-refractivity contribution in [2.45, 2.75) is 59.4 Å². The van der Waals surface area contributed by atoms with Crippen LogP contribution in [0.15, 0.2) is 4.99 Å². The molecule has 26 heavy (non-hydrogen) atoms. The molecule has 0 aromatic heterocycles. The summed E-state index contributed by atoms with van der Waals surface area (Å²) in [5.41, 5.74) is 0.487. The van der Waals surface area contributed by atoms with Crippen LogP contribution in [0.4, 0.5) is 0 Å². The SMILES string of the molecule is CCNC(=NCC(C)(C)N1CC(C)CC(C)C1)N1CCC2(CCOC2)C1. The first-order valence-electron chi connectivity index (χ1n) is 10.7. The van der Waals surface area contributed by atoms with Crippen molar-refractivity contribution in [3.05, 3.63) is 0 Å². The lowest BCUT2D eigenvalue weighted by molar-refractivity contribution is 0.0511. The first-order valence-corrected chi connectivity index (χ1v) is 10.7. The molecular formula is C21H40N4O. The van der Waals surface area contributed by atoms with Gasteiger partial charge in [0.1, 0.15) is 0 Å². The minimum absolute atomic E-state index is 0.109. The molecule has 3 aliphatic rings. The molecule has 3 atom stereocenters. The first kappa shape index (κ1) is 19.9. The number of guanidine groups is 1. The van der Waals surface area contributed by atoms with Crippen LogP contribution in [0.1, 0.15) is 53.9 Å². The lowest BCUT2D eigenvalue weighted by Gasteiger charge is -2.44. The number of hydrogen-bond acceptors (Lipinski definition) is 3. The summed E-state index contributed by atoms with van der Waals surface area (Å²) in [6, 6.07) is 0. The van der Waals surface area contributed by atoms with Crippen LogP contribution < -0.4 is 5.32 Å². The molecule has 1 N–H and O–H groups in total. The maximum Gasteiger partial charge on any atom is 0.194 e. The number of aliphatic imine (C=N–C) groups is 1. The minimum atomic E-state index is 0.109. The Morgan fingerprint density at radius 3 is 2.58 bits per heavy atom. The maximum absolute atomic E-state index is 5.69. The molecule has 0 aromatic carbocycles. The zero-order valence-corrected chi connectivity index (χ0v) is 17.7. The van der Waals surface area contributed by atoms with Crippen molar-refractivity contribution in [3.63, 3.8) is 0 Å². The Morgan fingerprint density at radius 2 is 1.96 bits per heavy atom. The van der Waals surface area contributed by atoms with E-state index < -0.39 is 0 Å². The second-order valence-corrected chi connectivity index (χ2v) is 9.81. The van der Waals surface area contributed by atoms with Gasteiger partial charge in [0.05, 0.1) is 13.2 Å². The Labute approximate surface area is 160 Å². The number of hydrogen-bond donors (Lipinski definition) is 1. The van der Waals surface area contributed by atoms with Gasteiger partial charge in [0.15, 0.2) is 5.96 Å². The number of nitrogens with one attached hydrogen (secondary N) is 1. The highest BCUT2D eigenvalue weighted by molar-refractivity contribution is 5.80. The van der Waals surface area contributed by atoms with Crippen molar-refractivity contribution in [2.75, 3.05) is 52.5 Å². The highest BCUT2D eigenvalue weighted by Crippen LogP contribution is 2.38. The van der Waals surface area contributed by atoms with Gasteiger partial charge in [-0.2, -0.15) is 0 Å². The summed E-state index contributed by atoms with van der Waals surface area (Å²) in [5, 5.41) is 3.54. The average Bonchev–Trinajstić information content (AvgIpc) is 3.21. The van der Waals surface area contributed by atoms with Gasteiger partial charge in [-0.3, -0.25) is 9.89 Å². The van der Waals surface area contributed by atoms with Crippen LogP contribution in [-0.4, -0.2) is 73.8 Å². The molecule has 0 radical (unpaired) electrons. The zero-order chi connectivity index (χ0) is 18.8. The van der Waals surface area contributed by atoms with Crippen LogP contribution in [0.5, 0.6) is 0 Å². The van der Waals surface area contributed by atoms with Crippen molar-refractivity contribution in [3.8, 4) is 0 Å². The molecule has 5 heteroatoms. The van der Waals surface area contributed by atoms with Gasteiger partial charge >= 0.3 is 0 Å². The molecule has 3 rings (SSSR count). The van der Waals surface area contributed by atoms with E-state index in [-0.39, 0.29) is 5.54 Å². The third-order valence-corrected chi connectivity index (χ3v) is 6.60. The maximum atomic E-state index is 5.69. The molecule has 3 saturated heterocycles. The van der Waals surface area contributed by atoms with Crippen molar-refractivity contribution >= 4 is 5.96 Å². The minimum Gasteiger partial charge on any atom is -0.381 e. The molecular weight excluding hydrogens is 324 g/mol. The van der Waals surface area contributed by atoms with Gasteiger partial charge in [0.2, 0.25) is 0 Å². The fourth-order valence-corrected chi connectivity index (χ4v) is 5.04. The molecule has 150 valence electrons. The molecule has 0 saturated carbocycles. The monoisotopic (exact) mass is 364 g/mol. The Kier molecular flexibility index (Phi) is 6.18. The van der Waals surface area contributed by atoms with E-state index in [2.05, 4.69) is 49.7 Å². The van der Waals surface area contributed by atoms with E-state index in [1.165, 1.54) is 32.4 Å². The molecule has 0 aliphatic carbocycles. The van der Waals surface area contributed by atoms with E-state index in [1.807, 2.05) is 0 Å². The van der Waals surface area contributed by atoms with E-state index in [9.17, 15) is 0 Å². The van der Waals surface area contributed by atoms with Crippen molar-refractivity contribution in [2.24, 2.45) is 22.2 Å². The molecule has 3 aliphatic heterocycles. The standard InChI is InChI=1S/C21H40N4O/c1-6-22-19(24-9-7-21(15-24)8-10-26-16-21)23-14-20(4,5)25-12-17(2)11-18(3)13-25/h17-18H,6-16H2,1-5H3,(H,22,23). The van der Waals surface area contributed by atoms with Gasteiger partial charge in [-0.1, -0.05) is 13.8 Å². The predicted molar refractivity (Wildman–Crippen MR) is 109 cm³/mol. The fraction of sp³-hybridized carbons (Fsp3) is 0.952. The summed E-state index contributed by atoms with van der Waals surface area (Å²) < 4.78 is 5.69. The van der Waals surface area contributed by atoms with Crippen LogP contribution in [0, 0.1) is 17.3 Å². The molecule has 3 heterocycles. The molecule has 0 aromatic rings. The molecule has 0 bridgehead atoms. The average molecular weight is 365 g/mol. The summed E-state index contributed by atoms with van der Waals surface area (Å²) in [6.07, 6.45) is 3.80. The first-order chi connectivity index (χ1) is 12.3. The van der Waals surface area contributed by atoms with Gasteiger partial charge in [0.25, 0.3) is 0 Å². The van der Waals surface area contributed by atoms with Gasteiger partial charge in [0, 0.05) is 50.3 Å². The lowest BCUT2D eigenvalue weighted by atomic mass is 9.87. The Morgan fingerprint density at radius 1 is 1.23 bits per heavy atom. The van der Waals surface area contributed by atoms with Gasteiger partial charge in [-0.25, -0.2) is 0 Å². The van der Waals surface area contributed by atoms with Gasteiger partial charge in [-0.15, -0.1) is 0 Å². The number of piperidine rings is 1. The molecule has 5 nitrogen and oxygen atoms in total. The highest BCUT2D eigenvalue weighted by atomic mass is 16.5. The highest BCUT2D eigenvalue weighted by Gasteiger charge is 2.42. The topological polar surface area (TPSA) is 40.1 Å². The number of rotatable bonds is 4. The lowest BCUT2D eigenvalue weighted by Crippen LogP contribution is -2.53. The van der Waals surface area contributed by atoms with E-state index in [0.717, 1.165) is 57.2 Å². The predicted octanol–water partition coefficient (Wildman–Crippen LogP) is 2.82. The van der Waals surface area contributed by atoms with Crippen LogP contribution >= 0.6 is 0 Å². The van der Waals surface area contributed by atoms with Crippen LogP contribution in [0.2, 0.25) is 0 Å². The van der Waals surface area contributed by atoms with E-state index in [1.54, 1.807) is 0 Å². The van der Waals surface area contributed by atoms with Gasteiger partial charge in [-0.05, 0) is 51.9 Å². The van der Waals surface area contributed by atoms with Crippen LogP contribution in [-0.2, 0) is 4.74 Å². The second-order valence-electron chi connectivity index (χ2n) is 9.81. The summed E-state index contributed by atoms with van der Waals surface area (Å²) in [5.74, 6) is 2.68. The normalized spacial score (nSPS) is 34.0. The van der Waals surface area contributed by atoms with Gasteiger partial charge < -0.3 is 15.0 Å². The molecule has 0 amide bonds. The van der Waals surface area contributed by atoms with Crippen molar-refractivity contribution in [1.29, 1.82) is 0 Å². The zero-order valence-electron chi connectivity index (χ0n) is 17.7. The van der Waals surface area contributed by atoms with E-state index in [4.69, 9.17) is 9.73 Å². The summed E-state index contributed by atoms with van der Waals surface area (Å²) in [7, 11) is 0. The number of ether oxygens (including phenoxy) is 1. The Balaban J connectivity index is 1.65. The largest absolute Gasteiger partial charge is 0.381 e. The Hall–Kier alpha value is -0.810. The quantitative estimate of drug-likeness (QED) is 0.615. The fourth-order valence-electron chi connectivity index (χ4n) is 5.04. The van der Waals surface area contributed by atoms with Crippen molar-refractivity contribution in [1.82, 2.24) is 15.1 Å². The van der Waals surface area contributed by atoms with E-state index >= 15 is 0 Å². The number of nitrogens with zero attached hydrogens (tertiary/aromatic N) is 3. The molecule has 1 spiro atoms. The third-order valence-electron chi connectivity index (χ3n) is 6.60. The van der Waals surface area contributed by atoms with Crippen molar-refractivity contribution < 1.29 is 4.74 Å². The summed E-state index contributed by atoms with van der Waals surface area (Å²) in [4.78, 5) is 10.2. The summed E-state index contributed by atoms with van der Waals surface area (Å²) >= 11 is 0. The molecule has 3 fully saturated rings. The summed E-state index contributed by atoms with van der Waals surface area (Å²) in [6.45, 7) is 19.9. The third kappa shape index (κ3) is 4.53. The molecule has 3 unspecified atom stereocenters. The van der Waals surface area contributed by atoms with Crippen LogP contribution in [0.25, 0.3) is 0 Å². The van der Waals surface area contributed by atoms with Crippen LogP contribution in [0.3, 0.4) is 0 Å².